The molecule has 152 valence electrons. The molecule has 6 nitrogen and oxygen atoms in total. The zero-order chi connectivity index (χ0) is 21.1. The van der Waals surface area contributed by atoms with Crippen molar-refractivity contribution >= 4 is 15.7 Å². The van der Waals surface area contributed by atoms with Crippen LogP contribution in [0.1, 0.15) is 5.56 Å². The summed E-state index contributed by atoms with van der Waals surface area (Å²) in [7, 11) is -2.80. The molecule has 0 radical (unpaired) electrons. The number of halogens is 3. The Morgan fingerprint density at radius 3 is 2.31 bits per heavy atom. The second-order valence-electron chi connectivity index (χ2n) is 5.76. The highest BCUT2D eigenvalue weighted by molar-refractivity contribution is 7.92. The van der Waals surface area contributed by atoms with Crippen molar-refractivity contribution in [1.29, 1.82) is 0 Å². The number of ether oxygens (including phenoxy) is 2. The molecule has 0 aliphatic carbocycles. The van der Waals surface area contributed by atoms with Crippen molar-refractivity contribution in [3.8, 4) is 17.4 Å². The first-order chi connectivity index (χ1) is 13.7. The van der Waals surface area contributed by atoms with Crippen LogP contribution in [0.2, 0.25) is 0 Å². The topological polar surface area (TPSA) is 77.5 Å². The molecule has 0 amide bonds. The molecule has 2 aromatic carbocycles. The summed E-state index contributed by atoms with van der Waals surface area (Å²) in [6, 6.07) is 12.8. The van der Waals surface area contributed by atoms with E-state index in [4.69, 9.17) is 9.47 Å². The Balaban J connectivity index is 1.88. The van der Waals surface area contributed by atoms with Gasteiger partial charge in [-0.2, -0.15) is 13.2 Å². The van der Waals surface area contributed by atoms with Gasteiger partial charge in [0.25, 0.3) is 10.0 Å². The number of pyridine rings is 1. The summed E-state index contributed by atoms with van der Waals surface area (Å²) in [5, 5.41) is 0. The number of methoxy groups -OCH3 is 1. The Labute approximate surface area is 165 Å². The predicted octanol–water partition coefficient (Wildman–Crippen LogP) is 4.70. The van der Waals surface area contributed by atoms with E-state index in [1.54, 1.807) is 24.3 Å². The van der Waals surface area contributed by atoms with Crippen LogP contribution in [0.15, 0.2) is 71.8 Å². The number of hydrogen-bond donors (Lipinski definition) is 1. The summed E-state index contributed by atoms with van der Waals surface area (Å²) in [5.41, 5.74) is -1.10. The molecule has 0 bridgehead atoms. The van der Waals surface area contributed by atoms with E-state index in [1.165, 1.54) is 25.4 Å². The molecule has 0 saturated heterocycles. The van der Waals surface area contributed by atoms with Crippen LogP contribution < -0.4 is 14.2 Å². The smallest absolute Gasteiger partial charge is 0.416 e. The maximum atomic E-state index is 12.9. The van der Waals surface area contributed by atoms with Gasteiger partial charge in [0.05, 0.1) is 17.6 Å². The molecule has 29 heavy (non-hydrogen) atoms. The number of sulfonamides is 1. The number of rotatable bonds is 6. The van der Waals surface area contributed by atoms with Gasteiger partial charge in [-0.1, -0.05) is 6.07 Å². The number of nitrogens with zero attached hydrogens (tertiary/aromatic N) is 1. The lowest BCUT2D eigenvalue weighted by Crippen LogP contribution is -2.15. The van der Waals surface area contributed by atoms with Gasteiger partial charge in [-0.25, -0.2) is 13.4 Å². The van der Waals surface area contributed by atoms with Crippen molar-refractivity contribution in [2.24, 2.45) is 0 Å². The molecule has 1 heterocycles. The minimum atomic E-state index is -4.66. The average Bonchev–Trinajstić information content (AvgIpc) is 2.69. The lowest BCUT2D eigenvalue weighted by Gasteiger charge is -2.13. The second-order valence-corrected chi connectivity index (χ2v) is 7.45. The molecule has 0 aliphatic rings. The van der Waals surface area contributed by atoms with Gasteiger partial charge in [-0.05, 0) is 54.6 Å². The molecule has 10 heteroatoms. The normalized spacial score (nSPS) is 11.7. The van der Waals surface area contributed by atoms with Crippen LogP contribution in [-0.2, 0) is 16.2 Å². The molecule has 0 aliphatic heterocycles. The Morgan fingerprint density at radius 2 is 1.66 bits per heavy atom. The third-order valence-electron chi connectivity index (χ3n) is 3.76. The SMILES string of the molecule is COc1ccc(Oc2ncccc2NS(=O)(=O)c2cccc(C(F)(F)F)c2)cc1. The molecule has 0 saturated carbocycles. The highest BCUT2D eigenvalue weighted by Crippen LogP contribution is 2.32. The molecule has 3 aromatic rings. The predicted molar refractivity (Wildman–Crippen MR) is 99.6 cm³/mol. The van der Waals surface area contributed by atoms with E-state index in [-0.39, 0.29) is 11.6 Å². The van der Waals surface area contributed by atoms with Crippen molar-refractivity contribution in [3.05, 3.63) is 72.4 Å². The number of nitrogens with one attached hydrogen (secondary N) is 1. The zero-order valence-electron chi connectivity index (χ0n) is 15.0. The van der Waals surface area contributed by atoms with Crippen LogP contribution in [0.4, 0.5) is 18.9 Å². The van der Waals surface area contributed by atoms with Crippen molar-refractivity contribution in [2.45, 2.75) is 11.1 Å². The summed E-state index contributed by atoms with van der Waals surface area (Å²) in [5.74, 6) is 0.904. The number of benzene rings is 2. The van der Waals surface area contributed by atoms with Gasteiger partial charge >= 0.3 is 6.18 Å². The number of aromatic nitrogens is 1. The van der Waals surface area contributed by atoms with Crippen molar-refractivity contribution in [1.82, 2.24) is 4.98 Å². The van der Waals surface area contributed by atoms with E-state index < -0.39 is 26.7 Å². The number of hydrogen-bond acceptors (Lipinski definition) is 5. The van der Waals surface area contributed by atoms with Crippen LogP contribution in [0.5, 0.6) is 17.4 Å². The van der Waals surface area contributed by atoms with E-state index in [9.17, 15) is 21.6 Å². The van der Waals surface area contributed by atoms with Gasteiger partial charge in [0.2, 0.25) is 5.88 Å². The molecular formula is C19H15F3N2O4S. The first-order valence-electron chi connectivity index (χ1n) is 8.16. The van der Waals surface area contributed by atoms with Crippen molar-refractivity contribution in [3.63, 3.8) is 0 Å². The summed E-state index contributed by atoms with van der Waals surface area (Å²) < 4.78 is 76.7. The monoisotopic (exact) mass is 424 g/mol. The van der Waals surface area contributed by atoms with Gasteiger partial charge in [-0.15, -0.1) is 0 Å². The van der Waals surface area contributed by atoms with E-state index in [0.717, 1.165) is 18.2 Å². The lowest BCUT2D eigenvalue weighted by atomic mass is 10.2. The van der Waals surface area contributed by atoms with Gasteiger partial charge in [-0.3, -0.25) is 4.72 Å². The Kier molecular flexibility index (Phi) is 5.64. The van der Waals surface area contributed by atoms with E-state index in [2.05, 4.69) is 9.71 Å². The summed E-state index contributed by atoms with van der Waals surface area (Å²) in [6.45, 7) is 0. The van der Waals surface area contributed by atoms with Crippen LogP contribution in [0.3, 0.4) is 0 Å². The van der Waals surface area contributed by atoms with Crippen LogP contribution in [-0.4, -0.2) is 20.5 Å². The fourth-order valence-corrected chi connectivity index (χ4v) is 3.45. The average molecular weight is 424 g/mol. The highest BCUT2D eigenvalue weighted by atomic mass is 32.2. The van der Waals surface area contributed by atoms with E-state index in [0.29, 0.717) is 17.6 Å². The van der Waals surface area contributed by atoms with Crippen LogP contribution in [0.25, 0.3) is 0 Å². The van der Waals surface area contributed by atoms with Crippen LogP contribution >= 0.6 is 0 Å². The molecule has 0 fully saturated rings. The van der Waals surface area contributed by atoms with E-state index in [1.807, 2.05) is 0 Å². The lowest BCUT2D eigenvalue weighted by molar-refractivity contribution is -0.137. The third-order valence-corrected chi connectivity index (χ3v) is 5.12. The summed E-state index contributed by atoms with van der Waals surface area (Å²) in [4.78, 5) is 3.46. The highest BCUT2D eigenvalue weighted by Gasteiger charge is 2.31. The van der Waals surface area contributed by atoms with Crippen molar-refractivity contribution < 1.29 is 31.1 Å². The molecular weight excluding hydrogens is 409 g/mol. The van der Waals surface area contributed by atoms with Gasteiger partial charge in [0, 0.05) is 6.20 Å². The Morgan fingerprint density at radius 1 is 0.966 bits per heavy atom. The molecule has 0 unspecified atom stereocenters. The Bertz CT molecular complexity index is 1100. The standard InChI is InChI=1S/C19H15F3N2O4S/c1-27-14-7-9-15(10-8-14)28-18-17(6-3-11-23-18)24-29(25,26)16-5-2-4-13(12-16)19(20,21)22/h2-12,24H,1H3. The maximum absolute atomic E-state index is 12.9. The minimum Gasteiger partial charge on any atom is -0.497 e. The summed E-state index contributed by atoms with van der Waals surface area (Å²) >= 11 is 0. The number of anilines is 1. The first-order valence-corrected chi connectivity index (χ1v) is 9.64. The van der Waals surface area contributed by atoms with Crippen molar-refractivity contribution in [2.75, 3.05) is 11.8 Å². The maximum Gasteiger partial charge on any atom is 0.416 e. The largest absolute Gasteiger partial charge is 0.497 e. The van der Waals surface area contributed by atoms with Gasteiger partial charge < -0.3 is 9.47 Å². The van der Waals surface area contributed by atoms with Gasteiger partial charge in [0.15, 0.2) is 0 Å². The number of alkyl halides is 3. The summed E-state index contributed by atoms with van der Waals surface area (Å²) in [6.07, 6.45) is -3.27. The van der Waals surface area contributed by atoms with Crippen LogP contribution in [0, 0.1) is 0 Å². The molecule has 1 N–H and O–H groups in total. The Hall–Kier alpha value is -3.27. The fourth-order valence-electron chi connectivity index (χ4n) is 2.35. The van der Waals surface area contributed by atoms with Gasteiger partial charge in [0.1, 0.15) is 17.2 Å². The van der Waals surface area contributed by atoms with E-state index >= 15 is 0 Å². The third kappa shape index (κ3) is 4.96. The molecule has 0 spiro atoms. The first kappa shape index (κ1) is 20.5. The minimum absolute atomic E-state index is 0.0271. The quantitative estimate of drug-likeness (QED) is 0.621. The second kappa shape index (κ2) is 8.00. The molecule has 1 aromatic heterocycles. The zero-order valence-corrected chi connectivity index (χ0v) is 15.8. The fraction of sp³-hybridized carbons (Fsp3) is 0.105. The molecule has 3 rings (SSSR count). The molecule has 0 atom stereocenters.